The lowest BCUT2D eigenvalue weighted by molar-refractivity contribution is -0.148. The van der Waals surface area contributed by atoms with Crippen LogP contribution in [-0.2, 0) is 15.0 Å². The first-order valence-corrected chi connectivity index (χ1v) is 12.8. The Morgan fingerprint density at radius 2 is 1.09 bits per heavy atom. The van der Waals surface area contributed by atoms with Crippen molar-refractivity contribution in [3.63, 3.8) is 0 Å². The molecule has 1 unspecified atom stereocenters. The Labute approximate surface area is 217 Å². The maximum Gasteiger partial charge on any atom is 0.307 e. The minimum atomic E-state index is -1.04. The van der Waals surface area contributed by atoms with E-state index in [-0.39, 0.29) is 11.8 Å². The van der Waals surface area contributed by atoms with E-state index in [4.69, 9.17) is 10.2 Å². The molecule has 0 bridgehead atoms. The lowest BCUT2D eigenvalue weighted by atomic mass is 9.87. The predicted octanol–water partition coefficient (Wildman–Crippen LogP) is 9.47. The first kappa shape index (κ1) is 37.7. The maximum atomic E-state index is 10.7. The second kappa shape index (κ2) is 16.8. The van der Waals surface area contributed by atoms with Gasteiger partial charge in [-0.05, 0) is 40.1 Å². The van der Waals surface area contributed by atoms with Gasteiger partial charge in [0.25, 0.3) is 0 Å². The highest BCUT2D eigenvalue weighted by Crippen LogP contribution is 2.24. The molecule has 0 fully saturated rings. The second-order valence-corrected chi connectivity index (χ2v) is 14.7. The summed E-state index contributed by atoms with van der Waals surface area (Å²) in [6, 6.07) is 10.6. The summed E-state index contributed by atoms with van der Waals surface area (Å²) < 4.78 is 0. The molecule has 0 heterocycles. The van der Waals surface area contributed by atoms with Crippen molar-refractivity contribution >= 4 is 11.9 Å². The van der Waals surface area contributed by atoms with E-state index in [9.17, 15) is 9.59 Å². The number of carboxylic acids is 2. The minimum absolute atomic E-state index is 0.173. The molecule has 0 aliphatic carbocycles. The van der Waals surface area contributed by atoms with E-state index in [1.807, 2.05) is 0 Å². The topological polar surface area (TPSA) is 74.6 Å². The molecule has 0 saturated carbocycles. The average Bonchev–Trinajstić information content (AvgIpc) is 2.57. The molecule has 35 heavy (non-hydrogen) atoms. The van der Waals surface area contributed by atoms with Crippen LogP contribution in [-0.4, -0.2) is 22.2 Å². The number of hydrogen-bond acceptors (Lipinski definition) is 2. The molecule has 4 nitrogen and oxygen atoms in total. The Balaban J connectivity index is -0.000000437. The number of benzene rings is 1. The summed E-state index contributed by atoms with van der Waals surface area (Å²) in [5, 5.41) is 17.3. The highest BCUT2D eigenvalue weighted by Gasteiger charge is 2.21. The highest BCUT2D eigenvalue weighted by molar-refractivity contribution is 5.77. The first-order valence-electron chi connectivity index (χ1n) is 12.8. The first-order chi connectivity index (χ1) is 15.3. The third-order valence-corrected chi connectivity index (χ3v) is 3.89. The van der Waals surface area contributed by atoms with E-state index in [0.29, 0.717) is 22.7 Å². The van der Waals surface area contributed by atoms with Crippen molar-refractivity contribution < 1.29 is 19.8 Å². The molecule has 0 aliphatic rings. The van der Waals surface area contributed by atoms with Crippen LogP contribution < -0.4 is 0 Å². The van der Waals surface area contributed by atoms with E-state index >= 15 is 0 Å². The molecule has 0 aromatic heterocycles. The van der Waals surface area contributed by atoms with Crippen molar-refractivity contribution in [2.75, 3.05) is 0 Å². The molecule has 1 aromatic rings. The van der Waals surface area contributed by atoms with E-state index in [1.54, 1.807) is 0 Å². The normalized spacial score (nSPS) is 12.5. The van der Waals surface area contributed by atoms with Crippen LogP contribution >= 0.6 is 0 Å². The molecule has 0 aliphatic heterocycles. The van der Waals surface area contributed by atoms with Gasteiger partial charge >= 0.3 is 11.9 Å². The molecule has 4 heteroatoms. The zero-order valence-corrected chi connectivity index (χ0v) is 25.5. The fourth-order valence-electron chi connectivity index (χ4n) is 2.34. The lowest BCUT2D eigenvalue weighted by Crippen LogP contribution is -2.18. The van der Waals surface area contributed by atoms with Gasteiger partial charge in [0, 0.05) is 0 Å². The fourth-order valence-corrected chi connectivity index (χ4v) is 2.34. The summed E-state index contributed by atoms with van der Waals surface area (Å²) in [6.45, 7) is 30.4. The molecule has 206 valence electrons. The van der Waals surface area contributed by atoms with Crippen LogP contribution in [0, 0.1) is 22.2 Å². The highest BCUT2D eigenvalue weighted by atomic mass is 16.4. The zero-order valence-electron chi connectivity index (χ0n) is 25.5. The van der Waals surface area contributed by atoms with Crippen molar-refractivity contribution in [1.29, 1.82) is 0 Å². The van der Waals surface area contributed by atoms with Gasteiger partial charge in [0.15, 0.2) is 0 Å². The predicted molar refractivity (Wildman–Crippen MR) is 152 cm³/mol. The summed E-state index contributed by atoms with van der Waals surface area (Å²) in [7, 11) is 0. The number of aliphatic carboxylic acids is 2. The Morgan fingerprint density at radius 1 is 0.714 bits per heavy atom. The summed E-state index contributed by atoms with van der Waals surface area (Å²) in [5.74, 6) is -2.80. The average molecular weight is 495 g/mol. The van der Waals surface area contributed by atoms with E-state index in [1.165, 1.54) is 5.56 Å². The largest absolute Gasteiger partial charge is 0.481 e. The SMILES string of the molecule is CC(C)(C)C.CC(C)(C)C.CC(C)(C)CCCC(CC(=O)O)C(=O)O.CC(C)(C)c1ccccc1. The molecular formula is C31H58O4. The van der Waals surface area contributed by atoms with Gasteiger partial charge in [-0.15, -0.1) is 0 Å². The van der Waals surface area contributed by atoms with E-state index in [0.717, 1.165) is 12.8 Å². The van der Waals surface area contributed by atoms with Crippen LogP contribution in [0.15, 0.2) is 30.3 Å². The summed E-state index contributed by atoms with van der Waals surface area (Å²) in [6.07, 6.45) is 1.84. The van der Waals surface area contributed by atoms with Crippen LogP contribution in [0.3, 0.4) is 0 Å². The molecule has 0 spiro atoms. The number of carbonyl (C=O) groups is 2. The smallest absolute Gasteiger partial charge is 0.307 e. The lowest BCUT2D eigenvalue weighted by Gasteiger charge is -2.18. The molecular weight excluding hydrogens is 436 g/mol. The van der Waals surface area contributed by atoms with Crippen molar-refractivity contribution in [2.45, 2.75) is 128 Å². The Hall–Kier alpha value is -1.84. The van der Waals surface area contributed by atoms with E-state index in [2.05, 4.69) is 127 Å². The number of hydrogen-bond donors (Lipinski definition) is 2. The summed E-state index contributed by atoms with van der Waals surface area (Å²) >= 11 is 0. The molecule has 1 rings (SSSR count). The molecule has 0 saturated heterocycles. The third kappa shape index (κ3) is 39.7. The third-order valence-electron chi connectivity index (χ3n) is 3.89. The van der Waals surface area contributed by atoms with E-state index < -0.39 is 17.9 Å². The molecule has 2 N–H and O–H groups in total. The molecule has 0 amide bonds. The van der Waals surface area contributed by atoms with Gasteiger partial charge in [0.2, 0.25) is 0 Å². The van der Waals surface area contributed by atoms with Crippen LogP contribution in [0.5, 0.6) is 0 Å². The Morgan fingerprint density at radius 3 is 1.31 bits per heavy atom. The zero-order chi connectivity index (χ0) is 28.7. The van der Waals surface area contributed by atoms with Gasteiger partial charge < -0.3 is 10.2 Å². The molecule has 0 radical (unpaired) electrons. The van der Waals surface area contributed by atoms with Crippen molar-refractivity contribution in [2.24, 2.45) is 22.2 Å². The van der Waals surface area contributed by atoms with Crippen molar-refractivity contribution in [3.8, 4) is 0 Å². The van der Waals surface area contributed by atoms with Crippen molar-refractivity contribution in [1.82, 2.24) is 0 Å². The van der Waals surface area contributed by atoms with Gasteiger partial charge in [-0.25, -0.2) is 0 Å². The standard InChI is InChI=1S/C11H20O4.C10H14.2C5H12/c1-11(2,3)6-4-5-8(10(14)15)7-9(12)13;1-10(2,3)9-7-5-4-6-8-9;2*1-5(2,3)4/h8H,4-7H2,1-3H3,(H,12,13)(H,14,15);4-8H,1-3H3;2*1-4H3. The van der Waals surface area contributed by atoms with Gasteiger partial charge in [-0.3, -0.25) is 9.59 Å². The van der Waals surface area contributed by atoms with Crippen LogP contribution in [0.1, 0.15) is 128 Å². The summed E-state index contributed by atoms with van der Waals surface area (Å²) in [5.41, 5.74) is 2.86. The maximum absolute atomic E-state index is 10.7. The van der Waals surface area contributed by atoms with Gasteiger partial charge in [0.05, 0.1) is 12.3 Å². The molecule has 1 aromatic carbocycles. The number of carboxylic acid groups (broad SMARTS) is 2. The van der Waals surface area contributed by atoms with Crippen LogP contribution in [0.25, 0.3) is 0 Å². The molecule has 1 atom stereocenters. The second-order valence-electron chi connectivity index (χ2n) is 14.7. The quantitative estimate of drug-likeness (QED) is 0.413. The minimum Gasteiger partial charge on any atom is -0.481 e. The summed E-state index contributed by atoms with van der Waals surface area (Å²) in [4.78, 5) is 21.1. The monoisotopic (exact) mass is 494 g/mol. The van der Waals surface area contributed by atoms with Crippen molar-refractivity contribution in [3.05, 3.63) is 35.9 Å². The van der Waals surface area contributed by atoms with Crippen LogP contribution in [0.2, 0.25) is 0 Å². The Bertz CT molecular complexity index is 654. The van der Waals surface area contributed by atoms with Crippen LogP contribution in [0.4, 0.5) is 0 Å². The van der Waals surface area contributed by atoms with Gasteiger partial charge in [-0.2, -0.15) is 0 Å². The van der Waals surface area contributed by atoms with Gasteiger partial charge in [0.1, 0.15) is 0 Å². The van der Waals surface area contributed by atoms with Gasteiger partial charge in [-0.1, -0.05) is 134 Å². The number of rotatable bonds is 6. The fraction of sp³-hybridized carbons (Fsp3) is 0.742. The Kier molecular flexibility index (Phi) is 18.1.